The number of rotatable bonds is 5. The van der Waals surface area contributed by atoms with Crippen LogP contribution in [0.25, 0.3) is 0 Å². The van der Waals surface area contributed by atoms with E-state index in [2.05, 4.69) is 24.0 Å². The SMILES string of the molecule is CCOc1ccc(C)cc1Cc1nc(C(C)N)cs1. The third-order valence-corrected chi connectivity index (χ3v) is 3.76. The molecule has 1 heterocycles. The fourth-order valence-electron chi connectivity index (χ4n) is 1.92. The molecule has 1 atom stereocenters. The fraction of sp³-hybridized carbons (Fsp3) is 0.400. The molecule has 0 fully saturated rings. The van der Waals surface area contributed by atoms with E-state index in [-0.39, 0.29) is 6.04 Å². The monoisotopic (exact) mass is 276 g/mol. The van der Waals surface area contributed by atoms with Crippen molar-refractivity contribution in [2.24, 2.45) is 5.73 Å². The smallest absolute Gasteiger partial charge is 0.122 e. The van der Waals surface area contributed by atoms with Gasteiger partial charge in [0.1, 0.15) is 5.75 Å². The Balaban J connectivity index is 2.23. The first-order valence-corrected chi connectivity index (χ1v) is 7.40. The Bertz CT molecular complexity index is 549. The number of hydrogen-bond donors (Lipinski definition) is 1. The molecule has 2 N–H and O–H groups in total. The Kier molecular flexibility index (Phi) is 4.56. The maximum atomic E-state index is 5.84. The number of thiazole rings is 1. The second-order valence-electron chi connectivity index (χ2n) is 4.68. The van der Waals surface area contributed by atoms with Crippen LogP contribution in [0.2, 0.25) is 0 Å². The molecule has 0 amide bonds. The molecule has 0 saturated carbocycles. The van der Waals surface area contributed by atoms with E-state index in [1.807, 2.05) is 25.3 Å². The molecule has 0 spiro atoms. The maximum Gasteiger partial charge on any atom is 0.122 e. The van der Waals surface area contributed by atoms with Gasteiger partial charge in [-0.05, 0) is 26.8 Å². The lowest BCUT2D eigenvalue weighted by atomic mass is 10.1. The first kappa shape index (κ1) is 14.0. The van der Waals surface area contributed by atoms with Crippen molar-refractivity contribution in [3.63, 3.8) is 0 Å². The molecule has 0 aliphatic carbocycles. The minimum atomic E-state index is -0.00567. The molecule has 2 aromatic rings. The van der Waals surface area contributed by atoms with Crippen LogP contribution in [-0.4, -0.2) is 11.6 Å². The van der Waals surface area contributed by atoms with Gasteiger partial charge in [-0.2, -0.15) is 0 Å². The zero-order valence-corrected chi connectivity index (χ0v) is 12.5. The van der Waals surface area contributed by atoms with Crippen molar-refractivity contribution >= 4 is 11.3 Å². The van der Waals surface area contributed by atoms with Crippen LogP contribution < -0.4 is 10.5 Å². The van der Waals surface area contributed by atoms with Gasteiger partial charge in [0.25, 0.3) is 0 Å². The van der Waals surface area contributed by atoms with E-state index in [0.717, 1.165) is 22.9 Å². The molecular weight excluding hydrogens is 256 g/mol. The highest BCUT2D eigenvalue weighted by atomic mass is 32.1. The lowest BCUT2D eigenvalue weighted by molar-refractivity contribution is 0.337. The van der Waals surface area contributed by atoms with Crippen LogP contribution in [0.1, 0.15) is 41.7 Å². The van der Waals surface area contributed by atoms with Gasteiger partial charge in [0.15, 0.2) is 0 Å². The van der Waals surface area contributed by atoms with Crippen LogP contribution >= 0.6 is 11.3 Å². The molecule has 1 aromatic carbocycles. The Morgan fingerprint density at radius 3 is 2.84 bits per heavy atom. The Morgan fingerprint density at radius 1 is 1.42 bits per heavy atom. The summed E-state index contributed by atoms with van der Waals surface area (Å²) in [5.74, 6) is 0.950. The molecule has 0 aliphatic heterocycles. The Hall–Kier alpha value is -1.39. The summed E-state index contributed by atoms with van der Waals surface area (Å²) in [4.78, 5) is 4.57. The summed E-state index contributed by atoms with van der Waals surface area (Å²) in [6.45, 7) is 6.73. The minimum Gasteiger partial charge on any atom is -0.494 e. The van der Waals surface area contributed by atoms with E-state index in [1.54, 1.807) is 11.3 Å². The molecular formula is C15H20N2OS. The van der Waals surface area contributed by atoms with E-state index in [0.29, 0.717) is 6.61 Å². The van der Waals surface area contributed by atoms with E-state index in [1.165, 1.54) is 11.1 Å². The average molecular weight is 276 g/mol. The normalized spacial score (nSPS) is 12.4. The van der Waals surface area contributed by atoms with Crippen molar-refractivity contribution in [3.05, 3.63) is 45.4 Å². The van der Waals surface area contributed by atoms with Crippen molar-refractivity contribution in [2.75, 3.05) is 6.61 Å². The van der Waals surface area contributed by atoms with Gasteiger partial charge in [0.2, 0.25) is 0 Å². The van der Waals surface area contributed by atoms with Gasteiger partial charge in [-0.25, -0.2) is 4.98 Å². The minimum absolute atomic E-state index is 0.00567. The molecule has 1 aromatic heterocycles. The second-order valence-corrected chi connectivity index (χ2v) is 5.62. The third kappa shape index (κ3) is 3.55. The summed E-state index contributed by atoms with van der Waals surface area (Å²) in [5.41, 5.74) is 9.23. The van der Waals surface area contributed by atoms with Crippen molar-refractivity contribution in [3.8, 4) is 5.75 Å². The van der Waals surface area contributed by atoms with E-state index < -0.39 is 0 Å². The van der Waals surface area contributed by atoms with Gasteiger partial charge in [-0.1, -0.05) is 17.7 Å². The predicted molar refractivity (Wildman–Crippen MR) is 79.9 cm³/mol. The summed E-state index contributed by atoms with van der Waals surface area (Å²) >= 11 is 1.66. The van der Waals surface area contributed by atoms with Crippen LogP contribution in [0.4, 0.5) is 0 Å². The summed E-state index contributed by atoms with van der Waals surface area (Å²) in [6.07, 6.45) is 0.800. The summed E-state index contributed by atoms with van der Waals surface area (Å²) in [6, 6.07) is 6.27. The van der Waals surface area contributed by atoms with Gasteiger partial charge in [0, 0.05) is 23.4 Å². The van der Waals surface area contributed by atoms with Crippen molar-refractivity contribution in [1.29, 1.82) is 0 Å². The molecule has 102 valence electrons. The van der Waals surface area contributed by atoms with Gasteiger partial charge in [0.05, 0.1) is 17.3 Å². The molecule has 0 saturated heterocycles. The van der Waals surface area contributed by atoms with Gasteiger partial charge >= 0.3 is 0 Å². The van der Waals surface area contributed by atoms with Gasteiger partial charge in [-0.3, -0.25) is 0 Å². The number of nitrogens with two attached hydrogens (primary N) is 1. The average Bonchev–Trinajstić information content (AvgIpc) is 2.81. The summed E-state index contributed by atoms with van der Waals surface area (Å²) < 4.78 is 5.67. The lowest BCUT2D eigenvalue weighted by Crippen LogP contribution is -2.05. The van der Waals surface area contributed by atoms with Crippen molar-refractivity contribution in [1.82, 2.24) is 4.98 Å². The molecule has 2 rings (SSSR count). The number of aromatic nitrogens is 1. The number of benzene rings is 1. The highest BCUT2D eigenvalue weighted by Crippen LogP contribution is 2.25. The highest BCUT2D eigenvalue weighted by Gasteiger charge is 2.10. The van der Waals surface area contributed by atoms with Crippen LogP contribution in [-0.2, 0) is 6.42 Å². The zero-order chi connectivity index (χ0) is 13.8. The molecule has 0 aliphatic rings. The first-order chi connectivity index (χ1) is 9.10. The van der Waals surface area contributed by atoms with E-state index in [9.17, 15) is 0 Å². The molecule has 19 heavy (non-hydrogen) atoms. The molecule has 3 nitrogen and oxygen atoms in total. The van der Waals surface area contributed by atoms with E-state index >= 15 is 0 Å². The summed E-state index contributed by atoms with van der Waals surface area (Å²) in [5, 5.41) is 3.12. The number of hydrogen-bond acceptors (Lipinski definition) is 4. The molecule has 0 bridgehead atoms. The standard InChI is InChI=1S/C15H20N2OS/c1-4-18-14-6-5-10(2)7-12(14)8-15-17-13(9-19-15)11(3)16/h5-7,9,11H,4,8,16H2,1-3H3. The first-order valence-electron chi connectivity index (χ1n) is 6.52. The van der Waals surface area contributed by atoms with Crippen molar-refractivity contribution < 1.29 is 4.74 Å². The maximum absolute atomic E-state index is 5.84. The van der Waals surface area contributed by atoms with Crippen LogP contribution in [0.15, 0.2) is 23.6 Å². The van der Waals surface area contributed by atoms with Crippen LogP contribution in [0, 0.1) is 6.92 Å². The molecule has 4 heteroatoms. The van der Waals surface area contributed by atoms with E-state index in [4.69, 9.17) is 10.5 Å². The Morgan fingerprint density at radius 2 is 2.21 bits per heavy atom. The fourth-order valence-corrected chi connectivity index (χ4v) is 2.84. The van der Waals surface area contributed by atoms with Gasteiger partial charge < -0.3 is 10.5 Å². The number of ether oxygens (including phenoxy) is 1. The largest absolute Gasteiger partial charge is 0.494 e. The summed E-state index contributed by atoms with van der Waals surface area (Å²) in [7, 11) is 0. The quantitative estimate of drug-likeness (QED) is 0.909. The lowest BCUT2D eigenvalue weighted by Gasteiger charge is -2.10. The highest BCUT2D eigenvalue weighted by molar-refractivity contribution is 7.09. The van der Waals surface area contributed by atoms with Crippen LogP contribution in [0.3, 0.4) is 0 Å². The topological polar surface area (TPSA) is 48.1 Å². The zero-order valence-electron chi connectivity index (χ0n) is 11.6. The number of aryl methyl sites for hydroxylation is 1. The van der Waals surface area contributed by atoms with Crippen LogP contribution in [0.5, 0.6) is 5.75 Å². The number of nitrogens with zero attached hydrogens (tertiary/aromatic N) is 1. The molecule has 0 radical (unpaired) electrons. The third-order valence-electron chi connectivity index (χ3n) is 2.89. The second kappa shape index (κ2) is 6.17. The van der Waals surface area contributed by atoms with Crippen molar-refractivity contribution in [2.45, 2.75) is 33.2 Å². The molecule has 1 unspecified atom stereocenters. The Labute approximate surface area is 118 Å². The predicted octanol–water partition coefficient (Wildman–Crippen LogP) is 3.46. The van der Waals surface area contributed by atoms with Gasteiger partial charge in [-0.15, -0.1) is 11.3 Å².